The number of aromatic nitrogens is 2. The Bertz CT molecular complexity index is 436. The lowest BCUT2D eigenvalue weighted by molar-refractivity contribution is -0.107. The van der Waals surface area contributed by atoms with Crippen LogP contribution in [-0.2, 0) is 4.79 Å². The molecule has 1 unspecified atom stereocenters. The quantitative estimate of drug-likeness (QED) is 0.308. The number of rotatable bonds is 11. The lowest BCUT2D eigenvalue weighted by Gasteiger charge is -2.05. The molecule has 1 aromatic rings. The summed E-state index contributed by atoms with van der Waals surface area (Å²) in [5, 5.41) is 8.70. The molecule has 3 nitrogen and oxygen atoms in total. The smallest absolute Gasteiger partial charge is 0.211 e. The molecular formula is C14H22N2OS4. The fourth-order valence-corrected chi connectivity index (χ4v) is 5.41. The highest BCUT2D eigenvalue weighted by Crippen LogP contribution is 2.31. The summed E-state index contributed by atoms with van der Waals surface area (Å²) in [6.45, 7) is 7.75. The van der Waals surface area contributed by atoms with Gasteiger partial charge in [0.05, 0.1) is 0 Å². The van der Waals surface area contributed by atoms with Crippen molar-refractivity contribution in [3.63, 3.8) is 0 Å². The Kier molecular flexibility index (Phi) is 10.5. The summed E-state index contributed by atoms with van der Waals surface area (Å²) in [5.74, 6) is 1.99. The van der Waals surface area contributed by atoms with E-state index >= 15 is 0 Å². The van der Waals surface area contributed by atoms with E-state index in [1.165, 1.54) is 43.5 Å². The van der Waals surface area contributed by atoms with Crippen molar-refractivity contribution in [1.82, 2.24) is 10.2 Å². The number of carbonyl (C=O) groups is 1. The van der Waals surface area contributed by atoms with Crippen molar-refractivity contribution in [3.8, 4) is 0 Å². The number of hydrogen-bond acceptors (Lipinski definition) is 7. The fraction of sp³-hybridized carbons (Fsp3) is 0.643. The molecule has 0 saturated heterocycles. The van der Waals surface area contributed by atoms with E-state index in [0.29, 0.717) is 0 Å². The van der Waals surface area contributed by atoms with E-state index in [1.54, 1.807) is 34.9 Å². The first kappa shape index (κ1) is 19.1. The molecule has 21 heavy (non-hydrogen) atoms. The van der Waals surface area contributed by atoms with Crippen LogP contribution in [0, 0.1) is 0 Å². The Hall–Kier alpha value is 0.0200. The second kappa shape index (κ2) is 11.6. The molecule has 0 aliphatic heterocycles. The molecule has 0 spiro atoms. The highest BCUT2D eigenvalue weighted by atomic mass is 32.2. The van der Waals surface area contributed by atoms with Crippen LogP contribution in [0.4, 0.5) is 0 Å². The predicted octanol–water partition coefficient (Wildman–Crippen LogP) is 5.14. The third-order valence-corrected chi connectivity index (χ3v) is 7.25. The van der Waals surface area contributed by atoms with Crippen molar-refractivity contribution in [2.24, 2.45) is 0 Å². The first-order chi connectivity index (χ1) is 10.2. The topological polar surface area (TPSA) is 42.9 Å². The van der Waals surface area contributed by atoms with Crippen LogP contribution in [0.25, 0.3) is 0 Å². The summed E-state index contributed by atoms with van der Waals surface area (Å²) in [7, 11) is 0. The van der Waals surface area contributed by atoms with Crippen LogP contribution in [0.1, 0.15) is 39.5 Å². The van der Waals surface area contributed by atoms with Crippen LogP contribution in [0.3, 0.4) is 0 Å². The number of nitrogens with zero attached hydrogens (tertiary/aromatic N) is 2. The van der Waals surface area contributed by atoms with Gasteiger partial charge in [-0.1, -0.05) is 86.3 Å². The standard InChI is InChI=1S/C14H22N2OS4/c1-4-6-7-8-9-18-13-15-16-14(21-13)19-10-11(3)20-12(17)5-2/h5,11H,2,4,6-10H2,1,3H3. The highest BCUT2D eigenvalue weighted by Gasteiger charge is 2.11. The zero-order valence-electron chi connectivity index (χ0n) is 12.5. The molecule has 0 radical (unpaired) electrons. The highest BCUT2D eigenvalue weighted by molar-refractivity contribution is 8.15. The van der Waals surface area contributed by atoms with E-state index in [-0.39, 0.29) is 10.4 Å². The zero-order valence-corrected chi connectivity index (χ0v) is 15.8. The van der Waals surface area contributed by atoms with E-state index < -0.39 is 0 Å². The minimum absolute atomic E-state index is 0.0312. The average Bonchev–Trinajstić information content (AvgIpc) is 2.92. The maximum Gasteiger partial charge on any atom is 0.211 e. The second-order valence-electron chi connectivity index (χ2n) is 4.51. The van der Waals surface area contributed by atoms with Crippen molar-refractivity contribution >= 4 is 51.7 Å². The SMILES string of the molecule is C=CC(=O)SC(C)CSc1nnc(SCCCCCC)s1. The molecule has 1 atom stereocenters. The maximum absolute atomic E-state index is 11.2. The summed E-state index contributed by atoms with van der Waals surface area (Å²) in [4.78, 5) is 11.2. The Labute approximate surface area is 144 Å². The lowest BCUT2D eigenvalue weighted by Crippen LogP contribution is -2.03. The van der Waals surface area contributed by atoms with Gasteiger partial charge in [-0.15, -0.1) is 10.2 Å². The van der Waals surface area contributed by atoms with Gasteiger partial charge in [-0.3, -0.25) is 4.79 Å². The number of hydrogen-bond donors (Lipinski definition) is 0. The van der Waals surface area contributed by atoms with Crippen LogP contribution in [0.15, 0.2) is 21.3 Å². The Morgan fingerprint density at radius 1 is 1.29 bits per heavy atom. The summed E-state index contributed by atoms with van der Waals surface area (Å²) in [6.07, 6.45) is 6.50. The largest absolute Gasteiger partial charge is 0.282 e. The summed E-state index contributed by atoms with van der Waals surface area (Å²) in [6, 6.07) is 0. The first-order valence-corrected chi connectivity index (χ1v) is 10.7. The van der Waals surface area contributed by atoms with E-state index in [9.17, 15) is 4.79 Å². The van der Waals surface area contributed by atoms with E-state index in [0.717, 1.165) is 20.2 Å². The van der Waals surface area contributed by atoms with Crippen molar-refractivity contribution in [2.45, 2.75) is 53.5 Å². The molecule has 118 valence electrons. The second-order valence-corrected chi connectivity index (χ2v) is 9.54. The summed E-state index contributed by atoms with van der Waals surface area (Å²) >= 11 is 6.45. The first-order valence-electron chi connectivity index (χ1n) is 7.07. The third kappa shape index (κ3) is 8.90. The molecule has 1 rings (SSSR count). The van der Waals surface area contributed by atoms with Crippen molar-refractivity contribution in [1.29, 1.82) is 0 Å². The molecule has 0 bridgehead atoms. The normalized spacial score (nSPS) is 12.3. The van der Waals surface area contributed by atoms with Gasteiger partial charge in [0, 0.05) is 16.8 Å². The molecular weight excluding hydrogens is 340 g/mol. The van der Waals surface area contributed by atoms with Crippen molar-refractivity contribution in [2.75, 3.05) is 11.5 Å². The monoisotopic (exact) mass is 362 g/mol. The van der Waals surface area contributed by atoms with Crippen LogP contribution in [-0.4, -0.2) is 32.1 Å². The lowest BCUT2D eigenvalue weighted by atomic mass is 10.2. The van der Waals surface area contributed by atoms with Gasteiger partial charge in [-0.2, -0.15) is 0 Å². The molecule has 0 aromatic carbocycles. The minimum atomic E-state index is 0.0312. The van der Waals surface area contributed by atoms with Gasteiger partial charge in [0.2, 0.25) is 5.12 Å². The Morgan fingerprint density at radius 3 is 2.67 bits per heavy atom. The molecule has 7 heteroatoms. The third-order valence-electron chi connectivity index (χ3n) is 2.54. The molecule has 0 aliphatic carbocycles. The van der Waals surface area contributed by atoms with Crippen molar-refractivity contribution < 1.29 is 4.79 Å². The number of unbranched alkanes of at least 4 members (excludes halogenated alkanes) is 3. The van der Waals surface area contributed by atoms with Crippen LogP contribution < -0.4 is 0 Å². The Morgan fingerprint density at radius 2 is 2.00 bits per heavy atom. The van der Waals surface area contributed by atoms with E-state index in [1.807, 2.05) is 6.92 Å². The molecule has 0 amide bonds. The van der Waals surface area contributed by atoms with Crippen molar-refractivity contribution in [3.05, 3.63) is 12.7 Å². The van der Waals surface area contributed by atoms with Gasteiger partial charge in [0.15, 0.2) is 8.68 Å². The van der Waals surface area contributed by atoms with E-state index in [4.69, 9.17) is 0 Å². The molecule has 0 aliphatic rings. The molecule has 0 saturated carbocycles. The fourth-order valence-electron chi connectivity index (χ4n) is 1.47. The average molecular weight is 363 g/mol. The van der Waals surface area contributed by atoms with Gasteiger partial charge >= 0.3 is 0 Å². The van der Waals surface area contributed by atoms with Crippen LogP contribution in [0.5, 0.6) is 0 Å². The number of carbonyl (C=O) groups excluding carboxylic acids is 1. The van der Waals surface area contributed by atoms with Gasteiger partial charge in [-0.05, 0) is 12.5 Å². The minimum Gasteiger partial charge on any atom is -0.282 e. The predicted molar refractivity (Wildman–Crippen MR) is 97.8 cm³/mol. The van der Waals surface area contributed by atoms with Gasteiger partial charge < -0.3 is 0 Å². The molecule has 0 fully saturated rings. The van der Waals surface area contributed by atoms with Gasteiger partial charge in [0.1, 0.15) is 0 Å². The molecule has 1 aromatic heterocycles. The number of thioether (sulfide) groups is 3. The summed E-state index contributed by atoms with van der Waals surface area (Å²) in [5.41, 5.74) is 0. The van der Waals surface area contributed by atoms with Gasteiger partial charge in [0.25, 0.3) is 0 Å². The summed E-state index contributed by atoms with van der Waals surface area (Å²) < 4.78 is 2.04. The van der Waals surface area contributed by atoms with Crippen LogP contribution in [0.2, 0.25) is 0 Å². The van der Waals surface area contributed by atoms with Crippen LogP contribution >= 0.6 is 46.6 Å². The zero-order chi connectivity index (χ0) is 15.5. The maximum atomic E-state index is 11.2. The van der Waals surface area contributed by atoms with E-state index in [2.05, 4.69) is 23.7 Å². The molecule has 0 N–H and O–H groups in total. The van der Waals surface area contributed by atoms with Gasteiger partial charge in [-0.25, -0.2) is 0 Å². The Balaban J connectivity index is 2.22. The molecule has 1 heterocycles.